The normalized spacial score (nSPS) is 10.3. The average Bonchev–Trinajstić information content (AvgIpc) is 2.52. The van der Waals surface area contributed by atoms with Gasteiger partial charge in [0.15, 0.2) is 11.6 Å². The first-order valence-corrected chi connectivity index (χ1v) is 7.18. The summed E-state index contributed by atoms with van der Waals surface area (Å²) < 4.78 is 28.9. The zero-order chi connectivity index (χ0) is 15.7. The van der Waals surface area contributed by atoms with E-state index in [-0.39, 0.29) is 18.6 Å². The lowest BCUT2D eigenvalue weighted by Crippen LogP contribution is -1.94. The van der Waals surface area contributed by atoms with Gasteiger partial charge in [0.1, 0.15) is 0 Å². The first kappa shape index (κ1) is 16.9. The quantitative estimate of drug-likeness (QED) is 0.503. The summed E-state index contributed by atoms with van der Waals surface area (Å²) in [5, 5.41) is 0. The first-order valence-electron chi connectivity index (χ1n) is 7.18. The lowest BCUT2D eigenvalue weighted by Gasteiger charge is -2.09. The van der Waals surface area contributed by atoms with E-state index in [0.29, 0.717) is 11.1 Å². The van der Waals surface area contributed by atoms with Crippen molar-refractivity contribution in [3.8, 4) is 22.3 Å². The molecule has 3 aromatic carbocycles. The second-order valence-electron chi connectivity index (χ2n) is 5.52. The van der Waals surface area contributed by atoms with Gasteiger partial charge in [-0.1, -0.05) is 79.2 Å². The lowest BCUT2D eigenvalue weighted by atomic mass is 9.98. The minimum atomic E-state index is -0.804. The maximum atomic E-state index is 14.4. The molecule has 0 fully saturated rings. The van der Waals surface area contributed by atoms with Crippen LogP contribution in [0, 0.1) is 25.5 Å². The third kappa shape index (κ3) is 3.31. The standard InChI is InChI=1S/C20H16F2.CH4/c1-13-3-7-15(8-4-13)17-11-12-18(20(22)19(17)21)16-9-5-14(2)6-10-16;/h3-12H,1-2H3;1H4. The van der Waals surface area contributed by atoms with Crippen LogP contribution in [0.2, 0.25) is 0 Å². The van der Waals surface area contributed by atoms with Crippen LogP contribution in [0.3, 0.4) is 0 Å². The van der Waals surface area contributed by atoms with Crippen LogP contribution in [0.15, 0.2) is 60.7 Å². The smallest absolute Gasteiger partial charge is 0.167 e. The Morgan fingerprint density at radius 1 is 0.522 bits per heavy atom. The number of aryl methyl sites for hydroxylation is 2. The summed E-state index contributed by atoms with van der Waals surface area (Å²) in [6.45, 7) is 3.92. The number of hydrogen-bond donors (Lipinski definition) is 0. The van der Waals surface area contributed by atoms with E-state index in [1.807, 2.05) is 38.1 Å². The molecule has 0 saturated heterocycles. The Bertz CT molecular complexity index is 730. The van der Waals surface area contributed by atoms with Gasteiger partial charge in [-0.2, -0.15) is 0 Å². The molecule has 0 aliphatic rings. The van der Waals surface area contributed by atoms with Crippen molar-refractivity contribution in [2.24, 2.45) is 0 Å². The Morgan fingerprint density at radius 2 is 0.826 bits per heavy atom. The molecule has 0 unspecified atom stereocenters. The molecule has 0 aromatic heterocycles. The van der Waals surface area contributed by atoms with Gasteiger partial charge in [0.25, 0.3) is 0 Å². The molecule has 118 valence electrons. The van der Waals surface area contributed by atoms with Gasteiger partial charge in [0.05, 0.1) is 0 Å². The fourth-order valence-corrected chi connectivity index (χ4v) is 2.46. The predicted octanol–water partition coefficient (Wildman–Crippen LogP) is 6.55. The van der Waals surface area contributed by atoms with Gasteiger partial charge in [-0.3, -0.25) is 0 Å². The molecule has 0 aliphatic carbocycles. The van der Waals surface area contributed by atoms with E-state index in [1.165, 1.54) is 0 Å². The molecule has 23 heavy (non-hydrogen) atoms. The maximum Gasteiger partial charge on any atom is 0.167 e. The van der Waals surface area contributed by atoms with E-state index < -0.39 is 11.6 Å². The average molecular weight is 310 g/mol. The van der Waals surface area contributed by atoms with Crippen molar-refractivity contribution in [1.29, 1.82) is 0 Å². The number of hydrogen-bond acceptors (Lipinski definition) is 0. The molecule has 2 heteroatoms. The summed E-state index contributed by atoms with van der Waals surface area (Å²) in [4.78, 5) is 0. The highest BCUT2D eigenvalue weighted by Crippen LogP contribution is 2.31. The molecular weight excluding hydrogens is 290 g/mol. The molecule has 0 amide bonds. The summed E-state index contributed by atoms with van der Waals surface area (Å²) in [7, 11) is 0. The van der Waals surface area contributed by atoms with Crippen molar-refractivity contribution in [3.63, 3.8) is 0 Å². The van der Waals surface area contributed by atoms with Crippen LogP contribution in [0.4, 0.5) is 8.78 Å². The Morgan fingerprint density at radius 3 is 1.13 bits per heavy atom. The van der Waals surface area contributed by atoms with Gasteiger partial charge in [0, 0.05) is 11.1 Å². The summed E-state index contributed by atoms with van der Waals surface area (Å²) in [5.74, 6) is -1.61. The molecule has 0 spiro atoms. The van der Waals surface area contributed by atoms with Gasteiger partial charge < -0.3 is 0 Å². The van der Waals surface area contributed by atoms with Crippen molar-refractivity contribution in [2.75, 3.05) is 0 Å². The monoisotopic (exact) mass is 310 g/mol. The zero-order valence-corrected chi connectivity index (χ0v) is 12.5. The predicted molar refractivity (Wildman–Crippen MR) is 93.4 cm³/mol. The van der Waals surface area contributed by atoms with Crippen LogP contribution in [-0.4, -0.2) is 0 Å². The molecule has 3 rings (SSSR count). The van der Waals surface area contributed by atoms with E-state index in [9.17, 15) is 8.78 Å². The Hall–Kier alpha value is -2.48. The second kappa shape index (κ2) is 6.74. The SMILES string of the molecule is C.Cc1ccc(-c2ccc(-c3ccc(C)cc3)c(F)c2F)cc1. The largest absolute Gasteiger partial charge is 0.203 e. The van der Waals surface area contributed by atoms with E-state index in [2.05, 4.69) is 0 Å². The molecule has 0 N–H and O–H groups in total. The number of rotatable bonds is 2. The Labute approximate surface area is 136 Å². The van der Waals surface area contributed by atoms with Gasteiger partial charge >= 0.3 is 0 Å². The van der Waals surface area contributed by atoms with Crippen LogP contribution in [0.25, 0.3) is 22.3 Å². The van der Waals surface area contributed by atoms with Crippen LogP contribution < -0.4 is 0 Å². The fourth-order valence-electron chi connectivity index (χ4n) is 2.46. The molecule has 0 atom stereocenters. The van der Waals surface area contributed by atoms with E-state index >= 15 is 0 Å². The molecule has 0 radical (unpaired) electrons. The topological polar surface area (TPSA) is 0 Å². The van der Waals surface area contributed by atoms with Crippen molar-refractivity contribution in [3.05, 3.63) is 83.4 Å². The van der Waals surface area contributed by atoms with Crippen LogP contribution in [0.1, 0.15) is 18.6 Å². The highest BCUT2D eigenvalue weighted by Gasteiger charge is 2.15. The van der Waals surface area contributed by atoms with Crippen molar-refractivity contribution >= 4 is 0 Å². The first-order chi connectivity index (χ1) is 10.6. The molecule has 3 aromatic rings. The van der Waals surface area contributed by atoms with E-state index in [1.54, 1.807) is 36.4 Å². The highest BCUT2D eigenvalue weighted by molar-refractivity contribution is 5.72. The zero-order valence-electron chi connectivity index (χ0n) is 12.5. The van der Waals surface area contributed by atoms with Gasteiger partial charge in [-0.25, -0.2) is 8.78 Å². The molecule has 0 bridgehead atoms. The van der Waals surface area contributed by atoms with Gasteiger partial charge in [-0.15, -0.1) is 0 Å². The molecule has 0 saturated carbocycles. The van der Waals surface area contributed by atoms with Crippen LogP contribution >= 0.6 is 0 Å². The maximum absolute atomic E-state index is 14.4. The third-order valence-electron chi connectivity index (χ3n) is 3.81. The summed E-state index contributed by atoms with van der Waals surface area (Å²) in [5.41, 5.74) is 4.10. The third-order valence-corrected chi connectivity index (χ3v) is 3.81. The lowest BCUT2D eigenvalue weighted by molar-refractivity contribution is 0.514. The molecule has 0 heterocycles. The second-order valence-corrected chi connectivity index (χ2v) is 5.52. The minimum absolute atomic E-state index is 0. The van der Waals surface area contributed by atoms with Crippen molar-refractivity contribution < 1.29 is 8.78 Å². The van der Waals surface area contributed by atoms with E-state index in [4.69, 9.17) is 0 Å². The molecular formula is C21H20F2. The van der Waals surface area contributed by atoms with Crippen molar-refractivity contribution in [2.45, 2.75) is 21.3 Å². The van der Waals surface area contributed by atoms with Crippen LogP contribution in [0.5, 0.6) is 0 Å². The Kier molecular flexibility index (Phi) is 4.95. The fraction of sp³-hybridized carbons (Fsp3) is 0.143. The number of halogens is 2. The summed E-state index contributed by atoms with van der Waals surface area (Å²) in [6, 6.07) is 18.0. The van der Waals surface area contributed by atoms with Crippen LogP contribution in [-0.2, 0) is 0 Å². The molecule has 0 nitrogen and oxygen atoms in total. The summed E-state index contributed by atoms with van der Waals surface area (Å²) in [6.07, 6.45) is 0. The van der Waals surface area contributed by atoms with Crippen molar-refractivity contribution in [1.82, 2.24) is 0 Å². The minimum Gasteiger partial charge on any atom is -0.203 e. The molecule has 0 aliphatic heterocycles. The highest BCUT2D eigenvalue weighted by atomic mass is 19.2. The van der Waals surface area contributed by atoms with Gasteiger partial charge in [-0.05, 0) is 25.0 Å². The van der Waals surface area contributed by atoms with E-state index in [0.717, 1.165) is 11.1 Å². The summed E-state index contributed by atoms with van der Waals surface area (Å²) >= 11 is 0. The van der Waals surface area contributed by atoms with Gasteiger partial charge in [0.2, 0.25) is 0 Å². The Balaban J connectivity index is 0.00000192. The number of benzene rings is 3.